The van der Waals surface area contributed by atoms with Gasteiger partial charge < -0.3 is 15.0 Å². The maximum atomic E-state index is 12.4. The summed E-state index contributed by atoms with van der Waals surface area (Å²) in [5.41, 5.74) is 2.04. The maximum absolute atomic E-state index is 12.4. The van der Waals surface area contributed by atoms with Gasteiger partial charge in [-0.15, -0.1) is 0 Å². The molecule has 0 bridgehead atoms. The second-order valence-electron chi connectivity index (χ2n) is 6.80. The summed E-state index contributed by atoms with van der Waals surface area (Å²) in [7, 11) is 1.68. The minimum Gasteiger partial charge on any atom is -0.496 e. The number of nitrogens with zero attached hydrogens (tertiary/aromatic N) is 1. The molecule has 5 heteroatoms. The van der Waals surface area contributed by atoms with E-state index in [2.05, 4.69) is 11.4 Å². The first-order valence-electron chi connectivity index (χ1n) is 9.44. The van der Waals surface area contributed by atoms with Crippen LogP contribution in [-0.4, -0.2) is 32.0 Å². The van der Waals surface area contributed by atoms with Crippen LogP contribution in [0.1, 0.15) is 24.8 Å². The van der Waals surface area contributed by atoms with Crippen LogP contribution in [0, 0.1) is 5.92 Å². The van der Waals surface area contributed by atoms with Crippen molar-refractivity contribution in [1.29, 1.82) is 0 Å². The van der Waals surface area contributed by atoms with Crippen molar-refractivity contribution in [3.63, 3.8) is 0 Å². The number of para-hydroxylation sites is 2. The van der Waals surface area contributed by atoms with E-state index in [-0.39, 0.29) is 24.2 Å². The smallest absolute Gasteiger partial charge is 0.227 e. The van der Waals surface area contributed by atoms with Crippen LogP contribution in [0.2, 0.25) is 0 Å². The minimum absolute atomic E-state index is 0.0116. The Kier molecular flexibility index (Phi) is 6.47. The normalized spacial score (nSPS) is 16.4. The third kappa shape index (κ3) is 4.88. The predicted octanol–water partition coefficient (Wildman–Crippen LogP) is 3.19. The molecule has 3 rings (SSSR count). The lowest BCUT2D eigenvalue weighted by Gasteiger charge is -2.16. The van der Waals surface area contributed by atoms with Crippen molar-refractivity contribution in [3.05, 3.63) is 60.2 Å². The van der Waals surface area contributed by atoms with E-state index in [4.69, 9.17) is 4.74 Å². The molecule has 0 spiro atoms. The van der Waals surface area contributed by atoms with E-state index in [1.807, 2.05) is 48.5 Å². The van der Waals surface area contributed by atoms with Crippen LogP contribution in [0.15, 0.2) is 54.6 Å². The van der Waals surface area contributed by atoms with Crippen LogP contribution in [0.25, 0.3) is 0 Å². The van der Waals surface area contributed by atoms with Crippen molar-refractivity contribution in [1.82, 2.24) is 5.32 Å². The summed E-state index contributed by atoms with van der Waals surface area (Å²) in [6, 6.07) is 17.5. The summed E-state index contributed by atoms with van der Waals surface area (Å²) < 4.78 is 5.36. The van der Waals surface area contributed by atoms with Crippen LogP contribution in [0.4, 0.5) is 5.69 Å². The second kappa shape index (κ2) is 9.21. The summed E-state index contributed by atoms with van der Waals surface area (Å²) in [5.74, 6) is 0.621. The Morgan fingerprint density at radius 3 is 2.63 bits per heavy atom. The Morgan fingerprint density at radius 1 is 1.11 bits per heavy atom. The lowest BCUT2D eigenvalue weighted by Crippen LogP contribution is -2.33. The molecule has 0 saturated carbocycles. The molecule has 0 radical (unpaired) electrons. The van der Waals surface area contributed by atoms with Gasteiger partial charge in [-0.1, -0.05) is 36.4 Å². The molecule has 1 heterocycles. The van der Waals surface area contributed by atoms with Crippen molar-refractivity contribution in [2.24, 2.45) is 5.92 Å². The van der Waals surface area contributed by atoms with Crippen molar-refractivity contribution in [2.45, 2.75) is 25.7 Å². The number of hydrogen-bond acceptors (Lipinski definition) is 3. The molecule has 1 fully saturated rings. The highest BCUT2D eigenvalue weighted by molar-refractivity contribution is 6.00. The Morgan fingerprint density at radius 2 is 1.85 bits per heavy atom. The molecule has 1 aliphatic rings. The van der Waals surface area contributed by atoms with Gasteiger partial charge in [0.25, 0.3) is 0 Å². The molecule has 0 aromatic heterocycles. The summed E-state index contributed by atoms with van der Waals surface area (Å²) >= 11 is 0. The number of carbonyl (C=O) groups excluding carboxylic acids is 2. The standard InChI is InChI=1S/C22H26N2O3/c1-27-20-13-6-5-9-17(20)10-7-8-14-23-22(26)18-15-21(25)24(16-18)19-11-3-2-4-12-19/h2-6,9,11-13,18H,7-8,10,14-16H2,1H3,(H,23,26). The Bertz CT molecular complexity index is 776. The largest absolute Gasteiger partial charge is 0.496 e. The summed E-state index contributed by atoms with van der Waals surface area (Å²) in [4.78, 5) is 26.3. The summed E-state index contributed by atoms with van der Waals surface area (Å²) in [6.07, 6.45) is 3.07. The topological polar surface area (TPSA) is 58.6 Å². The molecule has 142 valence electrons. The number of carbonyl (C=O) groups is 2. The monoisotopic (exact) mass is 366 g/mol. The van der Waals surface area contributed by atoms with Gasteiger partial charge in [-0.3, -0.25) is 9.59 Å². The van der Waals surface area contributed by atoms with Gasteiger partial charge in [0.1, 0.15) is 5.75 Å². The number of rotatable bonds is 8. The molecule has 2 aromatic carbocycles. The number of amides is 2. The molecule has 1 saturated heterocycles. The molecule has 1 unspecified atom stereocenters. The zero-order valence-corrected chi connectivity index (χ0v) is 15.7. The fourth-order valence-corrected chi connectivity index (χ4v) is 3.45. The zero-order valence-electron chi connectivity index (χ0n) is 15.7. The van der Waals surface area contributed by atoms with E-state index in [0.29, 0.717) is 13.1 Å². The van der Waals surface area contributed by atoms with Crippen LogP contribution in [-0.2, 0) is 16.0 Å². The average molecular weight is 366 g/mol. The van der Waals surface area contributed by atoms with Crippen molar-refractivity contribution in [2.75, 3.05) is 25.1 Å². The highest BCUT2D eigenvalue weighted by atomic mass is 16.5. The van der Waals surface area contributed by atoms with Crippen molar-refractivity contribution in [3.8, 4) is 5.75 Å². The SMILES string of the molecule is COc1ccccc1CCCCNC(=O)C1CC(=O)N(c2ccccc2)C1. The van der Waals surface area contributed by atoms with E-state index < -0.39 is 0 Å². The summed E-state index contributed by atoms with van der Waals surface area (Å²) in [5, 5.41) is 2.98. The third-order valence-electron chi connectivity index (χ3n) is 4.93. The molecule has 0 aliphatic carbocycles. The zero-order chi connectivity index (χ0) is 19.1. The maximum Gasteiger partial charge on any atom is 0.227 e. The molecule has 1 atom stereocenters. The highest BCUT2D eigenvalue weighted by Crippen LogP contribution is 2.25. The van der Waals surface area contributed by atoms with Crippen LogP contribution in [0.3, 0.4) is 0 Å². The summed E-state index contributed by atoms with van der Waals surface area (Å²) in [6.45, 7) is 1.08. The number of benzene rings is 2. The Labute approximate surface area is 160 Å². The molecule has 27 heavy (non-hydrogen) atoms. The first kappa shape index (κ1) is 19.0. The highest BCUT2D eigenvalue weighted by Gasteiger charge is 2.34. The first-order valence-corrected chi connectivity index (χ1v) is 9.44. The molecular weight excluding hydrogens is 340 g/mol. The number of ether oxygens (including phenoxy) is 1. The Hall–Kier alpha value is -2.82. The predicted molar refractivity (Wildman–Crippen MR) is 106 cm³/mol. The van der Waals surface area contributed by atoms with E-state index in [1.165, 1.54) is 5.56 Å². The lowest BCUT2D eigenvalue weighted by molar-refractivity contribution is -0.126. The van der Waals surface area contributed by atoms with E-state index in [9.17, 15) is 9.59 Å². The number of hydrogen-bond donors (Lipinski definition) is 1. The van der Waals surface area contributed by atoms with Crippen LogP contribution in [0.5, 0.6) is 5.75 Å². The number of methoxy groups -OCH3 is 1. The number of aryl methyl sites for hydroxylation is 1. The fraction of sp³-hybridized carbons (Fsp3) is 0.364. The molecule has 1 aliphatic heterocycles. The van der Waals surface area contributed by atoms with Gasteiger partial charge in [0.15, 0.2) is 0 Å². The quantitative estimate of drug-likeness (QED) is 0.730. The number of unbranched alkanes of at least 4 members (excludes halogenated alkanes) is 1. The van der Waals surface area contributed by atoms with Crippen LogP contribution < -0.4 is 15.0 Å². The number of nitrogens with one attached hydrogen (secondary N) is 1. The lowest BCUT2D eigenvalue weighted by atomic mass is 10.1. The van der Waals surface area contributed by atoms with E-state index in [1.54, 1.807) is 12.0 Å². The van der Waals surface area contributed by atoms with Gasteiger partial charge >= 0.3 is 0 Å². The van der Waals surface area contributed by atoms with Crippen molar-refractivity contribution < 1.29 is 14.3 Å². The van der Waals surface area contributed by atoms with Gasteiger partial charge in [0.2, 0.25) is 11.8 Å². The van der Waals surface area contributed by atoms with Gasteiger partial charge in [-0.2, -0.15) is 0 Å². The molecule has 2 aromatic rings. The molecule has 5 nitrogen and oxygen atoms in total. The average Bonchev–Trinajstić information content (AvgIpc) is 3.10. The number of anilines is 1. The second-order valence-corrected chi connectivity index (χ2v) is 6.80. The van der Waals surface area contributed by atoms with E-state index in [0.717, 1.165) is 30.7 Å². The fourth-order valence-electron chi connectivity index (χ4n) is 3.45. The minimum atomic E-state index is -0.271. The molecular formula is C22H26N2O3. The first-order chi connectivity index (χ1) is 13.2. The van der Waals surface area contributed by atoms with Gasteiger partial charge in [0.05, 0.1) is 13.0 Å². The van der Waals surface area contributed by atoms with Gasteiger partial charge in [0, 0.05) is 25.2 Å². The van der Waals surface area contributed by atoms with Gasteiger partial charge in [-0.25, -0.2) is 0 Å². The Balaban J connectivity index is 1.40. The van der Waals surface area contributed by atoms with Gasteiger partial charge in [-0.05, 0) is 43.0 Å². The molecule has 2 amide bonds. The van der Waals surface area contributed by atoms with Crippen LogP contribution >= 0.6 is 0 Å². The van der Waals surface area contributed by atoms with Crippen molar-refractivity contribution >= 4 is 17.5 Å². The third-order valence-corrected chi connectivity index (χ3v) is 4.93. The van der Waals surface area contributed by atoms with E-state index >= 15 is 0 Å². The molecule has 1 N–H and O–H groups in total.